The molecule has 0 radical (unpaired) electrons. The first kappa shape index (κ1) is 13.7. The molecule has 0 aromatic heterocycles. The average Bonchev–Trinajstić information content (AvgIpc) is 2.75. The quantitative estimate of drug-likeness (QED) is 0.880. The van der Waals surface area contributed by atoms with Crippen molar-refractivity contribution in [2.24, 2.45) is 0 Å². The molecule has 2 N–H and O–H groups in total. The first-order chi connectivity index (χ1) is 10.1. The SMILES string of the molecule is N#Cc1ccc(Cl)cc1NC1C(=O)Nc2ccc(Cl)cc21. The Hall–Kier alpha value is -2.22. The molecule has 1 atom stereocenters. The number of benzene rings is 2. The van der Waals surface area contributed by atoms with Crippen molar-refractivity contribution in [2.75, 3.05) is 10.6 Å². The molecule has 1 heterocycles. The van der Waals surface area contributed by atoms with Gasteiger partial charge in [-0.15, -0.1) is 0 Å². The van der Waals surface area contributed by atoms with Crippen LogP contribution in [-0.2, 0) is 4.79 Å². The molecule has 0 saturated heterocycles. The number of fused-ring (bicyclic) bond motifs is 1. The van der Waals surface area contributed by atoms with E-state index in [-0.39, 0.29) is 5.91 Å². The summed E-state index contributed by atoms with van der Waals surface area (Å²) in [4.78, 5) is 12.1. The fourth-order valence-electron chi connectivity index (χ4n) is 2.26. The van der Waals surface area contributed by atoms with Crippen molar-refractivity contribution in [1.29, 1.82) is 5.26 Å². The molecule has 4 nitrogen and oxygen atoms in total. The number of halogens is 2. The first-order valence-electron chi connectivity index (χ1n) is 6.15. The van der Waals surface area contributed by atoms with Crippen LogP contribution in [0.2, 0.25) is 10.0 Å². The summed E-state index contributed by atoms with van der Waals surface area (Å²) >= 11 is 11.9. The van der Waals surface area contributed by atoms with Gasteiger partial charge in [-0.25, -0.2) is 0 Å². The lowest BCUT2D eigenvalue weighted by Gasteiger charge is -2.14. The van der Waals surface area contributed by atoms with E-state index in [1.807, 2.05) is 0 Å². The van der Waals surface area contributed by atoms with Gasteiger partial charge in [0, 0.05) is 21.3 Å². The maximum Gasteiger partial charge on any atom is 0.251 e. The number of amides is 1. The van der Waals surface area contributed by atoms with Crippen LogP contribution in [0.5, 0.6) is 0 Å². The Morgan fingerprint density at radius 3 is 2.62 bits per heavy atom. The summed E-state index contributed by atoms with van der Waals surface area (Å²) in [5, 5.41) is 16.0. The molecule has 6 heteroatoms. The normalized spacial score (nSPS) is 16.0. The molecule has 104 valence electrons. The van der Waals surface area contributed by atoms with Crippen LogP contribution in [0.1, 0.15) is 17.2 Å². The second-order valence-electron chi connectivity index (χ2n) is 4.60. The molecule has 2 aromatic rings. The maximum atomic E-state index is 12.1. The summed E-state index contributed by atoms with van der Waals surface area (Å²) in [6.07, 6.45) is 0. The van der Waals surface area contributed by atoms with Crippen molar-refractivity contribution < 1.29 is 4.79 Å². The molecule has 1 amide bonds. The Morgan fingerprint density at radius 2 is 1.86 bits per heavy atom. The number of anilines is 2. The highest BCUT2D eigenvalue weighted by Crippen LogP contribution is 2.36. The van der Waals surface area contributed by atoms with Crippen LogP contribution in [-0.4, -0.2) is 5.91 Å². The molecule has 0 saturated carbocycles. The predicted octanol–water partition coefficient (Wildman–Crippen LogP) is 3.97. The number of carbonyl (C=O) groups is 1. The van der Waals surface area contributed by atoms with E-state index in [1.165, 1.54) is 0 Å². The van der Waals surface area contributed by atoms with E-state index < -0.39 is 6.04 Å². The monoisotopic (exact) mass is 317 g/mol. The lowest BCUT2D eigenvalue weighted by molar-refractivity contribution is -0.116. The number of hydrogen-bond acceptors (Lipinski definition) is 3. The third kappa shape index (κ3) is 2.54. The molecule has 21 heavy (non-hydrogen) atoms. The second kappa shape index (κ2) is 5.28. The zero-order valence-corrected chi connectivity index (χ0v) is 12.2. The number of nitriles is 1. The third-order valence-corrected chi connectivity index (χ3v) is 3.72. The summed E-state index contributed by atoms with van der Waals surface area (Å²) in [5.41, 5.74) is 2.39. The Balaban J connectivity index is 2.00. The molecule has 1 aliphatic heterocycles. The van der Waals surface area contributed by atoms with Crippen molar-refractivity contribution in [3.05, 3.63) is 57.6 Å². The highest BCUT2D eigenvalue weighted by molar-refractivity contribution is 6.31. The maximum absolute atomic E-state index is 12.1. The van der Waals surface area contributed by atoms with Gasteiger partial charge in [0.2, 0.25) is 0 Å². The van der Waals surface area contributed by atoms with E-state index in [2.05, 4.69) is 16.7 Å². The average molecular weight is 318 g/mol. The van der Waals surface area contributed by atoms with Crippen LogP contribution in [0.3, 0.4) is 0 Å². The van der Waals surface area contributed by atoms with Gasteiger partial charge in [-0.3, -0.25) is 4.79 Å². The fraction of sp³-hybridized carbons (Fsp3) is 0.0667. The van der Waals surface area contributed by atoms with Gasteiger partial charge in [-0.1, -0.05) is 23.2 Å². The van der Waals surface area contributed by atoms with E-state index in [0.717, 1.165) is 5.56 Å². The fourth-order valence-corrected chi connectivity index (χ4v) is 2.62. The van der Waals surface area contributed by atoms with Gasteiger partial charge in [0.15, 0.2) is 0 Å². The first-order valence-corrected chi connectivity index (χ1v) is 6.90. The van der Waals surface area contributed by atoms with E-state index in [9.17, 15) is 4.79 Å². The summed E-state index contributed by atoms with van der Waals surface area (Å²) in [5.74, 6) is -0.198. The molecule has 3 rings (SSSR count). The summed E-state index contributed by atoms with van der Waals surface area (Å²) in [7, 11) is 0. The molecule has 0 aliphatic carbocycles. The minimum atomic E-state index is -0.607. The van der Waals surface area contributed by atoms with E-state index in [1.54, 1.807) is 36.4 Å². The van der Waals surface area contributed by atoms with Gasteiger partial charge < -0.3 is 10.6 Å². The van der Waals surface area contributed by atoms with E-state index in [4.69, 9.17) is 28.5 Å². The molecule has 1 aliphatic rings. The minimum Gasteiger partial charge on any atom is -0.369 e. The van der Waals surface area contributed by atoms with Gasteiger partial charge in [0.1, 0.15) is 12.1 Å². The van der Waals surface area contributed by atoms with Crippen LogP contribution in [0.4, 0.5) is 11.4 Å². The highest BCUT2D eigenvalue weighted by Gasteiger charge is 2.31. The predicted molar refractivity (Wildman–Crippen MR) is 82.6 cm³/mol. The lowest BCUT2D eigenvalue weighted by Crippen LogP contribution is -2.20. The van der Waals surface area contributed by atoms with Crippen molar-refractivity contribution >= 4 is 40.5 Å². The molecule has 0 spiro atoms. The van der Waals surface area contributed by atoms with Gasteiger partial charge in [0.05, 0.1) is 11.3 Å². The smallest absolute Gasteiger partial charge is 0.251 e. The number of nitrogens with zero attached hydrogens (tertiary/aromatic N) is 1. The van der Waals surface area contributed by atoms with Gasteiger partial charge >= 0.3 is 0 Å². The van der Waals surface area contributed by atoms with Crippen molar-refractivity contribution in [1.82, 2.24) is 0 Å². The number of nitrogens with one attached hydrogen (secondary N) is 2. The van der Waals surface area contributed by atoms with Gasteiger partial charge in [-0.2, -0.15) is 5.26 Å². The largest absolute Gasteiger partial charge is 0.369 e. The zero-order valence-electron chi connectivity index (χ0n) is 10.7. The van der Waals surface area contributed by atoms with E-state index in [0.29, 0.717) is 27.0 Å². The van der Waals surface area contributed by atoms with Crippen molar-refractivity contribution in [3.8, 4) is 6.07 Å². The van der Waals surface area contributed by atoms with Crippen LogP contribution >= 0.6 is 23.2 Å². The summed E-state index contributed by atoms with van der Waals surface area (Å²) < 4.78 is 0. The van der Waals surface area contributed by atoms with Crippen LogP contribution in [0.25, 0.3) is 0 Å². The van der Waals surface area contributed by atoms with Crippen molar-refractivity contribution in [2.45, 2.75) is 6.04 Å². The van der Waals surface area contributed by atoms with Gasteiger partial charge in [-0.05, 0) is 36.4 Å². The zero-order chi connectivity index (χ0) is 15.0. The summed E-state index contributed by atoms with van der Waals surface area (Å²) in [6.45, 7) is 0. The lowest BCUT2D eigenvalue weighted by atomic mass is 10.1. The van der Waals surface area contributed by atoms with Gasteiger partial charge in [0.25, 0.3) is 5.91 Å². The Morgan fingerprint density at radius 1 is 1.14 bits per heavy atom. The number of carbonyl (C=O) groups excluding carboxylic acids is 1. The molecular formula is C15H9Cl2N3O. The van der Waals surface area contributed by atoms with Crippen LogP contribution < -0.4 is 10.6 Å². The minimum absolute atomic E-state index is 0.198. The Labute approximate surface area is 131 Å². The molecule has 2 aromatic carbocycles. The third-order valence-electron chi connectivity index (χ3n) is 3.25. The van der Waals surface area contributed by atoms with Crippen LogP contribution in [0, 0.1) is 11.3 Å². The Bertz CT molecular complexity index is 783. The highest BCUT2D eigenvalue weighted by atomic mass is 35.5. The van der Waals surface area contributed by atoms with Crippen LogP contribution in [0.15, 0.2) is 36.4 Å². The molecular weight excluding hydrogens is 309 g/mol. The van der Waals surface area contributed by atoms with Crippen molar-refractivity contribution in [3.63, 3.8) is 0 Å². The number of hydrogen-bond donors (Lipinski definition) is 2. The topological polar surface area (TPSA) is 64.9 Å². The molecule has 0 fully saturated rings. The number of rotatable bonds is 2. The molecule has 1 unspecified atom stereocenters. The standard InChI is InChI=1S/C15H9Cl2N3O/c16-9-3-4-12-11(5-9)14(15(21)20-12)19-13-6-10(17)2-1-8(13)7-18/h1-6,14,19H,(H,20,21). The summed E-state index contributed by atoms with van der Waals surface area (Å²) in [6, 6.07) is 11.5. The molecule has 0 bridgehead atoms. The second-order valence-corrected chi connectivity index (χ2v) is 5.47. The Kier molecular flexibility index (Phi) is 3.46. The van der Waals surface area contributed by atoms with E-state index >= 15 is 0 Å².